The zero-order valence-corrected chi connectivity index (χ0v) is 12.5. The number of tetrazole rings is 1. The summed E-state index contributed by atoms with van der Waals surface area (Å²) in [6.45, 7) is 5.49. The molecule has 20 heavy (non-hydrogen) atoms. The summed E-state index contributed by atoms with van der Waals surface area (Å²) in [5.41, 5.74) is 1.01. The Labute approximate surface area is 120 Å². The van der Waals surface area contributed by atoms with E-state index in [1.807, 2.05) is 42.1 Å². The predicted molar refractivity (Wildman–Crippen MR) is 79.7 cm³/mol. The largest absolute Gasteiger partial charge is 0.319 e. The van der Waals surface area contributed by atoms with Gasteiger partial charge in [-0.15, -0.1) is 5.10 Å². The summed E-state index contributed by atoms with van der Waals surface area (Å²) < 4.78 is 1.84. The summed E-state index contributed by atoms with van der Waals surface area (Å²) in [4.78, 5) is 0. The number of hydrogen-bond acceptors (Lipinski definition) is 4. The highest BCUT2D eigenvalue weighted by molar-refractivity contribution is 5.30. The molecule has 0 fully saturated rings. The van der Waals surface area contributed by atoms with Gasteiger partial charge in [-0.2, -0.15) is 4.68 Å². The molecule has 0 radical (unpaired) electrons. The lowest BCUT2D eigenvalue weighted by atomic mass is 9.94. The predicted octanol–water partition coefficient (Wildman–Crippen LogP) is 2.09. The topological polar surface area (TPSA) is 55.6 Å². The van der Waals surface area contributed by atoms with Crippen molar-refractivity contribution in [3.63, 3.8) is 0 Å². The van der Waals surface area contributed by atoms with Crippen molar-refractivity contribution in [1.29, 1.82) is 0 Å². The standard InChI is InChI=1S/C15H23N5/c1-12(2)9-13(11-16-3)10-15-17-18-19-20(15)14-7-5-4-6-8-14/h4-8,12-13,16H,9-11H2,1-3H3. The van der Waals surface area contributed by atoms with Crippen molar-refractivity contribution < 1.29 is 0 Å². The molecule has 0 aliphatic heterocycles. The van der Waals surface area contributed by atoms with Crippen LogP contribution in [-0.4, -0.2) is 33.8 Å². The van der Waals surface area contributed by atoms with Gasteiger partial charge >= 0.3 is 0 Å². The second-order valence-corrected chi connectivity index (χ2v) is 5.60. The third-order valence-corrected chi connectivity index (χ3v) is 3.30. The van der Waals surface area contributed by atoms with Crippen LogP contribution in [0.4, 0.5) is 0 Å². The molecule has 108 valence electrons. The molecule has 1 atom stereocenters. The summed E-state index contributed by atoms with van der Waals surface area (Å²) in [7, 11) is 1.99. The summed E-state index contributed by atoms with van der Waals surface area (Å²) in [5.74, 6) is 2.15. The molecule has 1 aromatic heterocycles. The van der Waals surface area contributed by atoms with Crippen LogP contribution in [-0.2, 0) is 6.42 Å². The first kappa shape index (κ1) is 14.7. The maximum Gasteiger partial charge on any atom is 0.157 e. The van der Waals surface area contributed by atoms with Crippen LogP contribution in [0.2, 0.25) is 0 Å². The van der Waals surface area contributed by atoms with Gasteiger partial charge in [-0.25, -0.2) is 0 Å². The lowest BCUT2D eigenvalue weighted by Crippen LogP contribution is -2.23. The highest BCUT2D eigenvalue weighted by atomic mass is 15.5. The molecule has 0 spiro atoms. The Morgan fingerprint density at radius 1 is 1.20 bits per heavy atom. The fraction of sp³-hybridized carbons (Fsp3) is 0.533. The average Bonchev–Trinajstić information content (AvgIpc) is 2.87. The van der Waals surface area contributed by atoms with E-state index in [0.717, 1.165) is 24.5 Å². The second kappa shape index (κ2) is 7.14. The third kappa shape index (κ3) is 3.87. The van der Waals surface area contributed by atoms with E-state index < -0.39 is 0 Å². The molecule has 0 bridgehead atoms. The van der Waals surface area contributed by atoms with Crippen LogP contribution < -0.4 is 5.32 Å². The van der Waals surface area contributed by atoms with E-state index in [9.17, 15) is 0 Å². The lowest BCUT2D eigenvalue weighted by molar-refractivity contribution is 0.387. The Morgan fingerprint density at radius 2 is 1.95 bits per heavy atom. The van der Waals surface area contributed by atoms with E-state index in [-0.39, 0.29) is 0 Å². The first-order valence-electron chi connectivity index (χ1n) is 7.18. The quantitative estimate of drug-likeness (QED) is 0.839. The highest BCUT2D eigenvalue weighted by Crippen LogP contribution is 2.17. The van der Waals surface area contributed by atoms with Crippen LogP contribution >= 0.6 is 0 Å². The van der Waals surface area contributed by atoms with Crippen molar-refractivity contribution in [2.45, 2.75) is 26.7 Å². The third-order valence-electron chi connectivity index (χ3n) is 3.30. The maximum absolute atomic E-state index is 4.20. The van der Waals surface area contributed by atoms with Gasteiger partial charge in [0.1, 0.15) is 0 Å². The van der Waals surface area contributed by atoms with Gasteiger partial charge in [0.25, 0.3) is 0 Å². The number of rotatable bonds is 7. The van der Waals surface area contributed by atoms with Gasteiger partial charge in [-0.05, 0) is 54.4 Å². The van der Waals surface area contributed by atoms with Gasteiger partial charge < -0.3 is 5.32 Å². The number of para-hydroxylation sites is 1. The van der Waals surface area contributed by atoms with Gasteiger partial charge in [0.15, 0.2) is 5.82 Å². The molecule has 0 saturated carbocycles. The Bertz CT molecular complexity index is 506. The molecule has 1 heterocycles. The normalized spacial score (nSPS) is 12.8. The van der Waals surface area contributed by atoms with Gasteiger partial charge in [0.2, 0.25) is 0 Å². The molecule has 0 aliphatic rings. The molecule has 5 nitrogen and oxygen atoms in total. The number of benzene rings is 1. The molecule has 1 N–H and O–H groups in total. The van der Waals surface area contributed by atoms with Crippen LogP contribution in [0.3, 0.4) is 0 Å². The molecule has 0 amide bonds. The molecular weight excluding hydrogens is 250 g/mol. The van der Waals surface area contributed by atoms with Crippen LogP contribution in [0.15, 0.2) is 30.3 Å². The van der Waals surface area contributed by atoms with E-state index >= 15 is 0 Å². The number of aromatic nitrogens is 4. The number of nitrogens with zero attached hydrogens (tertiary/aromatic N) is 4. The van der Waals surface area contributed by atoms with Crippen molar-refractivity contribution in [2.24, 2.45) is 11.8 Å². The molecular formula is C15H23N5. The van der Waals surface area contributed by atoms with E-state index in [0.29, 0.717) is 11.8 Å². The SMILES string of the molecule is CNCC(Cc1nnnn1-c1ccccc1)CC(C)C. The second-order valence-electron chi connectivity index (χ2n) is 5.60. The van der Waals surface area contributed by atoms with E-state index in [1.165, 1.54) is 6.42 Å². The van der Waals surface area contributed by atoms with E-state index in [2.05, 4.69) is 34.7 Å². The zero-order valence-electron chi connectivity index (χ0n) is 12.5. The first-order valence-corrected chi connectivity index (χ1v) is 7.18. The zero-order chi connectivity index (χ0) is 14.4. The highest BCUT2D eigenvalue weighted by Gasteiger charge is 2.16. The Kier molecular flexibility index (Phi) is 5.24. The molecule has 2 rings (SSSR count). The smallest absolute Gasteiger partial charge is 0.157 e. The van der Waals surface area contributed by atoms with Gasteiger partial charge in [0, 0.05) is 6.42 Å². The van der Waals surface area contributed by atoms with Crippen molar-refractivity contribution in [3.05, 3.63) is 36.2 Å². The fourth-order valence-corrected chi connectivity index (χ4v) is 2.56. The Hall–Kier alpha value is -1.75. The van der Waals surface area contributed by atoms with E-state index in [1.54, 1.807) is 0 Å². The molecule has 1 unspecified atom stereocenters. The first-order chi connectivity index (χ1) is 9.70. The minimum absolute atomic E-state index is 0.550. The van der Waals surface area contributed by atoms with Gasteiger partial charge in [-0.3, -0.25) is 0 Å². The maximum atomic E-state index is 4.20. The van der Waals surface area contributed by atoms with Crippen molar-refractivity contribution in [3.8, 4) is 5.69 Å². The van der Waals surface area contributed by atoms with Gasteiger partial charge in [-0.1, -0.05) is 32.0 Å². The van der Waals surface area contributed by atoms with Crippen LogP contribution in [0, 0.1) is 11.8 Å². The Morgan fingerprint density at radius 3 is 2.60 bits per heavy atom. The summed E-state index contributed by atoms with van der Waals surface area (Å²) in [6.07, 6.45) is 2.06. The minimum atomic E-state index is 0.550. The van der Waals surface area contributed by atoms with Crippen molar-refractivity contribution in [2.75, 3.05) is 13.6 Å². The molecule has 0 saturated heterocycles. The van der Waals surface area contributed by atoms with Crippen LogP contribution in [0.1, 0.15) is 26.1 Å². The average molecular weight is 273 g/mol. The fourth-order valence-electron chi connectivity index (χ4n) is 2.56. The van der Waals surface area contributed by atoms with E-state index in [4.69, 9.17) is 0 Å². The number of hydrogen-bond donors (Lipinski definition) is 1. The van der Waals surface area contributed by atoms with Crippen molar-refractivity contribution >= 4 is 0 Å². The van der Waals surface area contributed by atoms with Crippen LogP contribution in [0.25, 0.3) is 5.69 Å². The molecule has 5 heteroatoms. The molecule has 1 aromatic carbocycles. The molecule has 0 aliphatic carbocycles. The summed E-state index contributed by atoms with van der Waals surface area (Å²) in [5, 5.41) is 15.4. The van der Waals surface area contributed by atoms with Gasteiger partial charge in [0.05, 0.1) is 5.69 Å². The minimum Gasteiger partial charge on any atom is -0.319 e. The number of nitrogens with one attached hydrogen (secondary N) is 1. The summed E-state index contributed by atoms with van der Waals surface area (Å²) >= 11 is 0. The van der Waals surface area contributed by atoms with Crippen molar-refractivity contribution in [1.82, 2.24) is 25.5 Å². The lowest BCUT2D eigenvalue weighted by Gasteiger charge is -2.18. The molecule has 2 aromatic rings. The van der Waals surface area contributed by atoms with Crippen LogP contribution in [0.5, 0.6) is 0 Å². The Balaban J connectivity index is 2.15. The summed E-state index contributed by atoms with van der Waals surface area (Å²) in [6, 6.07) is 10.0. The monoisotopic (exact) mass is 273 g/mol.